The summed E-state index contributed by atoms with van der Waals surface area (Å²) in [5.41, 5.74) is 1.56. The molecule has 0 spiro atoms. The number of rotatable bonds is 6. The Balaban J connectivity index is 1.24. The summed E-state index contributed by atoms with van der Waals surface area (Å²) in [4.78, 5) is 41.1. The Morgan fingerprint density at radius 2 is 1.24 bits per heavy atom. The van der Waals surface area contributed by atoms with Crippen LogP contribution >= 0.6 is 0 Å². The van der Waals surface area contributed by atoms with Crippen LogP contribution in [0.4, 0.5) is 5.69 Å². The van der Waals surface area contributed by atoms with Gasteiger partial charge in [-0.25, -0.2) is 0 Å². The van der Waals surface area contributed by atoms with Gasteiger partial charge in [-0.3, -0.25) is 24.6 Å². The first kappa shape index (κ1) is 23.4. The summed E-state index contributed by atoms with van der Waals surface area (Å²) in [6, 6.07) is 24.3. The molecule has 3 amide bonds. The number of carbonyl (C=O) groups is 3. The molecule has 8 nitrogen and oxygen atoms in total. The predicted octanol–water partition coefficient (Wildman–Crippen LogP) is 1.38. The summed E-state index contributed by atoms with van der Waals surface area (Å²) in [6.07, 6.45) is 0.0374. The molecule has 0 saturated carbocycles. The van der Waals surface area contributed by atoms with Gasteiger partial charge in [-0.15, -0.1) is 0 Å². The molecule has 3 heterocycles. The fourth-order valence-corrected chi connectivity index (χ4v) is 5.78. The van der Waals surface area contributed by atoms with E-state index in [2.05, 4.69) is 16.0 Å². The molecule has 3 aromatic rings. The van der Waals surface area contributed by atoms with Crippen molar-refractivity contribution >= 4 is 23.4 Å². The number of fused-ring (bicyclic) bond motifs is 3. The van der Waals surface area contributed by atoms with Crippen molar-refractivity contribution in [3.63, 3.8) is 0 Å². The van der Waals surface area contributed by atoms with E-state index in [4.69, 9.17) is 0 Å². The lowest BCUT2D eigenvalue weighted by molar-refractivity contribution is -0.139. The summed E-state index contributed by atoms with van der Waals surface area (Å²) in [7, 11) is 0. The zero-order valence-electron chi connectivity index (χ0n) is 20.1. The van der Waals surface area contributed by atoms with Gasteiger partial charge in [-0.05, 0) is 23.6 Å². The molecule has 6 rings (SSSR count). The second-order valence-corrected chi connectivity index (χ2v) is 9.98. The van der Waals surface area contributed by atoms with Gasteiger partial charge in [0.15, 0.2) is 0 Å². The number of nitrogens with zero attached hydrogens (tertiary/aromatic N) is 1. The molecule has 0 radical (unpaired) electrons. The minimum Gasteiger partial charge on any atom is -0.381 e. The number of anilines is 1. The lowest BCUT2D eigenvalue weighted by atomic mass is 9.85. The highest BCUT2D eigenvalue weighted by molar-refractivity contribution is 6.03. The molecule has 4 N–H and O–H groups in total. The monoisotopic (exact) mass is 496 g/mol. The van der Waals surface area contributed by atoms with E-state index >= 15 is 0 Å². The maximum Gasteiger partial charge on any atom is 0.245 e. The summed E-state index contributed by atoms with van der Waals surface area (Å²) in [5, 5.41) is 21.1. The highest BCUT2D eigenvalue weighted by Crippen LogP contribution is 2.48. The second-order valence-electron chi connectivity index (χ2n) is 9.98. The molecule has 188 valence electrons. The predicted molar refractivity (Wildman–Crippen MR) is 137 cm³/mol. The third kappa shape index (κ3) is 4.08. The van der Waals surface area contributed by atoms with E-state index in [1.54, 1.807) is 23.1 Å². The van der Waals surface area contributed by atoms with Gasteiger partial charge in [0.25, 0.3) is 0 Å². The van der Waals surface area contributed by atoms with Gasteiger partial charge in [0.1, 0.15) is 23.9 Å². The van der Waals surface area contributed by atoms with Gasteiger partial charge in [-0.1, -0.05) is 78.9 Å². The average Bonchev–Trinajstić information content (AvgIpc) is 3.36. The molecule has 3 aliphatic heterocycles. The van der Waals surface area contributed by atoms with Crippen LogP contribution in [0.25, 0.3) is 0 Å². The van der Waals surface area contributed by atoms with Crippen molar-refractivity contribution in [1.82, 2.24) is 16.0 Å². The number of para-hydroxylation sites is 1. The number of nitrogens with one attached hydrogen (secondary N) is 3. The number of carbonyl (C=O) groups excluding carboxylic acids is 3. The second kappa shape index (κ2) is 9.14. The molecule has 0 bridgehead atoms. The summed E-state index contributed by atoms with van der Waals surface area (Å²) in [5.74, 6) is -0.773. The standard InChI is InChI=1S/C29H28N4O4/c34-25-21(15-18-9-3-1-4-10-18)30-26(35)23(31-25)17-29(37)20-13-7-8-14-24(20)33-27(36)22(32-28(29)33)16-19-11-5-2-6-12-19/h1-14,21-23,28,32,37H,15-17H2,(H,30,35)(H,31,34)/t21-,22-,23?,28+,29?/m0/s1. The first-order valence-corrected chi connectivity index (χ1v) is 12.5. The maximum absolute atomic E-state index is 13.5. The molecule has 3 aromatic carbocycles. The highest BCUT2D eigenvalue weighted by atomic mass is 16.3. The normalized spacial score (nSPS) is 28.5. The third-order valence-electron chi connectivity index (χ3n) is 7.58. The van der Waals surface area contributed by atoms with Crippen LogP contribution in [0.1, 0.15) is 23.1 Å². The van der Waals surface area contributed by atoms with E-state index in [0.29, 0.717) is 24.1 Å². The molecule has 5 atom stereocenters. The first-order valence-electron chi connectivity index (χ1n) is 12.5. The summed E-state index contributed by atoms with van der Waals surface area (Å²) < 4.78 is 0. The van der Waals surface area contributed by atoms with Crippen molar-refractivity contribution in [2.45, 2.75) is 49.2 Å². The fourth-order valence-electron chi connectivity index (χ4n) is 5.78. The van der Waals surface area contributed by atoms with E-state index in [0.717, 1.165) is 11.1 Å². The van der Waals surface area contributed by atoms with E-state index in [-0.39, 0.29) is 24.1 Å². The van der Waals surface area contributed by atoms with E-state index < -0.39 is 29.9 Å². The first-order chi connectivity index (χ1) is 17.9. The quantitative estimate of drug-likeness (QED) is 0.412. The molecule has 8 heteroatoms. The molecular formula is C29H28N4O4. The topological polar surface area (TPSA) is 111 Å². The van der Waals surface area contributed by atoms with Crippen LogP contribution in [-0.4, -0.2) is 47.1 Å². The Morgan fingerprint density at radius 3 is 1.92 bits per heavy atom. The van der Waals surface area contributed by atoms with Gasteiger partial charge >= 0.3 is 0 Å². The summed E-state index contributed by atoms with van der Waals surface area (Å²) >= 11 is 0. The van der Waals surface area contributed by atoms with Crippen molar-refractivity contribution in [3.05, 3.63) is 102 Å². The van der Waals surface area contributed by atoms with E-state index in [9.17, 15) is 19.5 Å². The van der Waals surface area contributed by atoms with Crippen LogP contribution < -0.4 is 20.9 Å². The Labute approximate surface area is 214 Å². The SMILES string of the molecule is O=C1N[C@@H](Cc2ccccc2)C(=O)NC1CC1(O)c2ccccc2N2C(=O)[C@H](Cc3ccccc3)N[C@H]21. The van der Waals surface area contributed by atoms with Crippen LogP contribution in [0.2, 0.25) is 0 Å². The Kier molecular flexibility index (Phi) is 5.78. The molecule has 2 unspecified atom stereocenters. The minimum absolute atomic E-state index is 0.0703. The van der Waals surface area contributed by atoms with Crippen LogP contribution in [0.15, 0.2) is 84.9 Å². The Bertz CT molecular complexity index is 1350. The van der Waals surface area contributed by atoms with Gasteiger partial charge in [0.05, 0.1) is 11.7 Å². The van der Waals surface area contributed by atoms with Crippen molar-refractivity contribution in [1.29, 1.82) is 0 Å². The molecule has 2 fully saturated rings. The van der Waals surface area contributed by atoms with Crippen molar-refractivity contribution < 1.29 is 19.5 Å². The zero-order chi connectivity index (χ0) is 25.6. The molecule has 37 heavy (non-hydrogen) atoms. The zero-order valence-corrected chi connectivity index (χ0v) is 20.1. The lowest BCUT2D eigenvalue weighted by Crippen LogP contribution is -2.64. The van der Waals surface area contributed by atoms with Crippen LogP contribution in [0.3, 0.4) is 0 Å². The maximum atomic E-state index is 13.5. The summed E-state index contributed by atoms with van der Waals surface area (Å²) in [6.45, 7) is 0. The third-order valence-corrected chi connectivity index (χ3v) is 7.58. The van der Waals surface area contributed by atoms with Gasteiger partial charge < -0.3 is 15.7 Å². The lowest BCUT2D eigenvalue weighted by Gasteiger charge is -2.36. The van der Waals surface area contributed by atoms with E-state index in [1.165, 1.54) is 0 Å². The molecule has 0 aliphatic carbocycles. The van der Waals surface area contributed by atoms with Gasteiger partial charge in [0, 0.05) is 18.4 Å². The number of hydrogen-bond acceptors (Lipinski definition) is 5. The van der Waals surface area contributed by atoms with Crippen molar-refractivity contribution in [3.8, 4) is 0 Å². The number of aliphatic hydroxyl groups is 1. The number of hydrogen-bond donors (Lipinski definition) is 4. The number of benzene rings is 3. The van der Waals surface area contributed by atoms with Crippen LogP contribution in [-0.2, 0) is 32.8 Å². The average molecular weight is 497 g/mol. The smallest absolute Gasteiger partial charge is 0.245 e. The molecule has 3 aliphatic rings. The van der Waals surface area contributed by atoms with Gasteiger partial charge in [-0.2, -0.15) is 0 Å². The van der Waals surface area contributed by atoms with Crippen molar-refractivity contribution in [2.24, 2.45) is 0 Å². The number of amides is 3. The molecule has 2 saturated heterocycles. The fraction of sp³-hybridized carbons (Fsp3) is 0.276. The molecule has 0 aromatic heterocycles. The van der Waals surface area contributed by atoms with E-state index in [1.807, 2.05) is 66.7 Å². The minimum atomic E-state index is -1.57. The Hall–Kier alpha value is -4.01. The molecular weight excluding hydrogens is 468 g/mol. The van der Waals surface area contributed by atoms with Gasteiger partial charge in [0.2, 0.25) is 17.7 Å². The largest absolute Gasteiger partial charge is 0.381 e. The van der Waals surface area contributed by atoms with Crippen LogP contribution in [0, 0.1) is 0 Å². The number of piperazine rings is 1. The highest BCUT2D eigenvalue weighted by Gasteiger charge is 2.59. The van der Waals surface area contributed by atoms with Crippen LogP contribution in [0.5, 0.6) is 0 Å². The van der Waals surface area contributed by atoms with Crippen molar-refractivity contribution in [2.75, 3.05) is 4.90 Å². The Morgan fingerprint density at radius 1 is 0.703 bits per heavy atom.